The summed E-state index contributed by atoms with van der Waals surface area (Å²) in [5.41, 5.74) is -1.70. The molecule has 6 heteroatoms. The number of aromatic amines is 1. The van der Waals surface area contributed by atoms with E-state index in [0.717, 1.165) is 17.4 Å². The SMILES string of the molecule is CC[C@@]1(CCC(C)C)O[C@@H](n2ccc(=O)[nH]c2=O)[C@H](F)[C@@H]1C. The van der Waals surface area contributed by atoms with Crippen LogP contribution in [0.3, 0.4) is 0 Å². The van der Waals surface area contributed by atoms with Crippen LogP contribution in [0.25, 0.3) is 0 Å². The third-order valence-electron chi connectivity index (χ3n) is 4.80. The lowest BCUT2D eigenvalue weighted by molar-refractivity contribution is -0.0980. The van der Waals surface area contributed by atoms with Crippen molar-refractivity contribution in [2.24, 2.45) is 11.8 Å². The standard InChI is InChI=1S/C16H25FN2O3/c1-5-16(8-6-10(2)3)11(4)13(17)14(22-16)19-9-7-12(20)18-15(19)21/h7,9-11,13-14H,5-6,8H2,1-4H3,(H,18,20,21)/t11-,13+,14+,16-/m0/s1. The van der Waals surface area contributed by atoms with Gasteiger partial charge < -0.3 is 4.74 Å². The van der Waals surface area contributed by atoms with E-state index in [1.54, 1.807) is 0 Å². The molecule has 4 atom stereocenters. The Kier molecular flexibility index (Phi) is 4.90. The zero-order valence-corrected chi connectivity index (χ0v) is 13.6. The van der Waals surface area contributed by atoms with Gasteiger partial charge in [0.05, 0.1) is 5.60 Å². The molecule has 0 aliphatic carbocycles. The average Bonchev–Trinajstić information content (AvgIpc) is 2.71. The van der Waals surface area contributed by atoms with E-state index in [0.29, 0.717) is 12.3 Å². The van der Waals surface area contributed by atoms with Crippen LogP contribution in [0.15, 0.2) is 21.9 Å². The first-order chi connectivity index (χ1) is 10.3. The van der Waals surface area contributed by atoms with E-state index in [2.05, 4.69) is 18.8 Å². The summed E-state index contributed by atoms with van der Waals surface area (Å²) in [7, 11) is 0. The van der Waals surface area contributed by atoms with Gasteiger partial charge >= 0.3 is 5.69 Å². The van der Waals surface area contributed by atoms with Crippen molar-refractivity contribution in [3.05, 3.63) is 33.1 Å². The number of nitrogens with zero attached hydrogens (tertiary/aromatic N) is 1. The zero-order valence-electron chi connectivity index (χ0n) is 13.6. The van der Waals surface area contributed by atoms with Crippen LogP contribution in [0, 0.1) is 11.8 Å². The van der Waals surface area contributed by atoms with Gasteiger partial charge in [0.15, 0.2) is 12.4 Å². The monoisotopic (exact) mass is 312 g/mol. The Hall–Kier alpha value is -1.43. The number of ether oxygens (including phenoxy) is 1. The van der Waals surface area contributed by atoms with Gasteiger partial charge in [-0.05, 0) is 25.2 Å². The molecule has 0 spiro atoms. The average molecular weight is 312 g/mol. The van der Waals surface area contributed by atoms with E-state index >= 15 is 0 Å². The highest BCUT2D eigenvalue weighted by atomic mass is 19.1. The number of alkyl halides is 1. The van der Waals surface area contributed by atoms with Crippen molar-refractivity contribution < 1.29 is 9.13 Å². The summed E-state index contributed by atoms with van der Waals surface area (Å²) in [6, 6.07) is 1.21. The normalized spacial score (nSPS) is 31.8. The fourth-order valence-electron chi connectivity index (χ4n) is 3.19. The molecule has 0 unspecified atom stereocenters. The Balaban J connectivity index is 2.32. The lowest BCUT2D eigenvalue weighted by atomic mass is 9.80. The Labute approximate surface area is 129 Å². The fraction of sp³-hybridized carbons (Fsp3) is 0.750. The number of halogens is 1. The third kappa shape index (κ3) is 3.02. The van der Waals surface area contributed by atoms with Crippen molar-refractivity contribution in [1.29, 1.82) is 0 Å². The summed E-state index contributed by atoms with van der Waals surface area (Å²) in [6.45, 7) is 8.08. The van der Waals surface area contributed by atoms with Gasteiger partial charge in [-0.1, -0.05) is 27.7 Å². The molecule has 2 heterocycles. The van der Waals surface area contributed by atoms with Crippen molar-refractivity contribution >= 4 is 0 Å². The highest BCUT2D eigenvalue weighted by Gasteiger charge is 2.52. The molecule has 1 aromatic heterocycles. The van der Waals surface area contributed by atoms with Gasteiger partial charge in [-0.2, -0.15) is 0 Å². The maximum atomic E-state index is 14.8. The summed E-state index contributed by atoms with van der Waals surface area (Å²) >= 11 is 0. The Morgan fingerprint density at radius 2 is 2.14 bits per heavy atom. The van der Waals surface area contributed by atoms with Gasteiger partial charge in [0.1, 0.15) is 0 Å². The van der Waals surface area contributed by atoms with Gasteiger partial charge in [0.2, 0.25) is 0 Å². The Bertz CT molecular complexity index is 624. The molecule has 1 fully saturated rings. The van der Waals surface area contributed by atoms with E-state index in [4.69, 9.17) is 4.74 Å². The predicted molar refractivity (Wildman–Crippen MR) is 82.6 cm³/mol. The number of nitrogens with one attached hydrogen (secondary N) is 1. The first kappa shape index (κ1) is 16.9. The Morgan fingerprint density at radius 3 is 2.68 bits per heavy atom. The van der Waals surface area contributed by atoms with Crippen LogP contribution >= 0.6 is 0 Å². The minimum atomic E-state index is -1.28. The molecule has 0 amide bonds. The number of hydrogen-bond donors (Lipinski definition) is 1. The zero-order chi connectivity index (χ0) is 16.5. The van der Waals surface area contributed by atoms with Crippen LogP contribution in [-0.2, 0) is 4.74 Å². The second kappa shape index (κ2) is 6.36. The molecule has 0 bridgehead atoms. The van der Waals surface area contributed by atoms with Crippen LogP contribution in [-0.4, -0.2) is 21.3 Å². The van der Waals surface area contributed by atoms with Crippen molar-refractivity contribution in [2.75, 3.05) is 0 Å². The minimum Gasteiger partial charge on any atom is -0.348 e. The molecule has 1 aliphatic heterocycles. The molecule has 0 saturated carbocycles. The second-order valence-electron chi connectivity index (χ2n) is 6.61. The van der Waals surface area contributed by atoms with Crippen molar-refractivity contribution in [2.45, 2.75) is 65.0 Å². The quantitative estimate of drug-likeness (QED) is 0.909. The van der Waals surface area contributed by atoms with E-state index in [1.165, 1.54) is 12.3 Å². The maximum Gasteiger partial charge on any atom is 0.330 e. The maximum absolute atomic E-state index is 14.8. The van der Waals surface area contributed by atoms with Crippen LogP contribution in [0.4, 0.5) is 4.39 Å². The van der Waals surface area contributed by atoms with E-state index < -0.39 is 29.2 Å². The molecule has 124 valence electrons. The van der Waals surface area contributed by atoms with Crippen LogP contribution < -0.4 is 11.2 Å². The van der Waals surface area contributed by atoms with E-state index in [-0.39, 0.29) is 5.92 Å². The summed E-state index contributed by atoms with van der Waals surface area (Å²) in [5, 5.41) is 0. The van der Waals surface area contributed by atoms with Gasteiger partial charge in [-0.15, -0.1) is 0 Å². The minimum absolute atomic E-state index is 0.305. The number of hydrogen-bond acceptors (Lipinski definition) is 3. The van der Waals surface area contributed by atoms with Gasteiger partial charge in [-0.25, -0.2) is 9.18 Å². The van der Waals surface area contributed by atoms with Gasteiger partial charge in [-0.3, -0.25) is 14.3 Å². The molecule has 22 heavy (non-hydrogen) atoms. The van der Waals surface area contributed by atoms with Gasteiger partial charge in [0.25, 0.3) is 5.56 Å². The van der Waals surface area contributed by atoms with Crippen molar-refractivity contribution in [1.82, 2.24) is 9.55 Å². The lowest BCUT2D eigenvalue weighted by Gasteiger charge is -2.32. The smallest absolute Gasteiger partial charge is 0.330 e. The first-order valence-electron chi connectivity index (χ1n) is 7.94. The lowest BCUT2D eigenvalue weighted by Crippen LogP contribution is -2.36. The van der Waals surface area contributed by atoms with Crippen LogP contribution in [0.5, 0.6) is 0 Å². The molecule has 1 N–H and O–H groups in total. The molecule has 1 saturated heterocycles. The summed E-state index contributed by atoms with van der Waals surface area (Å²) < 4.78 is 22.0. The molecule has 1 aromatic rings. The summed E-state index contributed by atoms with van der Waals surface area (Å²) in [5.74, 6) is 0.201. The molecule has 0 radical (unpaired) electrons. The molecular weight excluding hydrogens is 287 g/mol. The highest BCUT2D eigenvalue weighted by molar-refractivity contribution is 4.99. The van der Waals surface area contributed by atoms with E-state index in [1.807, 2.05) is 13.8 Å². The molecular formula is C16H25FN2O3. The molecule has 0 aromatic carbocycles. The molecule has 2 rings (SSSR count). The Morgan fingerprint density at radius 1 is 1.45 bits per heavy atom. The summed E-state index contributed by atoms with van der Waals surface area (Å²) in [6.07, 6.45) is 1.44. The second-order valence-corrected chi connectivity index (χ2v) is 6.61. The molecule has 5 nitrogen and oxygen atoms in total. The number of aromatic nitrogens is 2. The first-order valence-corrected chi connectivity index (χ1v) is 7.94. The van der Waals surface area contributed by atoms with Gasteiger partial charge in [0, 0.05) is 18.2 Å². The fourth-order valence-corrected chi connectivity index (χ4v) is 3.19. The predicted octanol–water partition coefficient (Wildman–Crippen LogP) is 2.62. The van der Waals surface area contributed by atoms with Crippen molar-refractivity contribution in [3.8, 4) is 0 Å². The molecule has 1 aliphatic rings. The van der Waals surface area contributed by atoms with E-state index in [9.17, 15) is 14.0 Å². The highest BCUT2D eigenvalue weighted by Crippen LogP contribution is 2.47. The van der Waals surface area contributed by atoms with Crippen LogP contribution in [0.2, 0.25) is 0 Å². The number of H-pyrrole nitrogens is 1. The third-order valence-corrected chi connectivity index (χ3v) is 4.80. The van der Waals surface area contributed by atoms with Crippen molar-refractivity contribution in [3.63, 3.8) is 0 Å². The number of rotatable bonds is 5. The topological polar surface area (TPSA) is 64.1 Å². The van der Waals surface area contributed by atoms with Crippen LogP contribution in [0.1, 0.15) is 53.2 Å². The largest absolute Gasteiger partial charge is 0.348 e. The summed E-state index contributed by atoms with van der Waals surface area (Å²) in [4.78, 5) is 25.2.